The number of hydrogen-bond acceptors (Lipinski definition) is 1. The number of rotatable bonds is 1. The number of aliphatic imine (C=N–C) groups is 1. The summed E-state index contributed by atoms with van der Waals surface area (Å²) in [6, 6.07) is 10.3. The van der Waals surface area contributed by atoms with Crippen LogP contribution in [0, 0.1) is 0 Å². The van der Waals surface area contributed by atoms with E-state index in [-0.39, 0.29) is 5.54 Å². The number of nitrogens with zero attached hydrogens (tertiary/aromatic N) is 2. The van der Waals surface area contributed by atoms with Gasteiger partial charge in [-0.15, -0.1) is 0 Å². The van der Waals surface area contributed by atoms with Gasteiger partial charge in [-0.2, -0.15) is 0 Å². The largest absolute Gasteiger partial charge is 0.355 e. The van der Waals surface area contributed by atoms with Crippen LogP contribution in [-0.2, 0) is 0 Å². The van der Waals surface area contributed by atoms with Crippen molar-refractivity contribution in [3.05, 3.63) is 35.9 Å². The van der Waals surface area contributed by atoms with Crippen molar-refractivity contribution in [1.29, 1.82) is 0 Å². The van der Waals surface area contributed by atoms with Gasteiger partial charge in [-0.05, 0) is 20.8 Å². The van der Waals surface area contributed by atoms with Crippen LogP contribution in [0.25, 0.3) is 0 Å². The number of hydrogen-bond donors (Lipinski definition) is 0. The van der Waals surface area contributed by atoms with Gasteiger partial charge < -0.3 is 4.90 Å². The summed E-state index contributed by atoms with van der Waals surface area (Å²) in [4.78, 5) is 6.56. The van der Waals surface area contributed by atoms with Crippen LogP contribution in [0.5, 0.6) is 0 Å². The molecule has 0 aromatic heterocycles. The summed E-state index contributed by atoms with van der Waals surface area (Å²) >= 11 is 0. The second-order valence-electron chi connectivity index (χ2n) is 4.64. The lowest BCUT2D eigenvalue weighted by molar-refractivity contribution is 0.282. The van der Waals surface area contributed by atoms with Crippen LogP contribution in [-0.4, -0.2) is 30.4 Å². The Balaban J connectivity index is 3.02. The van der Waals surface area contributed by atoms with Gasteiger partial charge in [0.1, 0.15) is 5.84 Å². The van der Waals surface area contributed by atoms with Gasteiger partial charge >= 0.3 is 0 Å². The summed E-state index contributed by atoms with van der Waals surface area (Å²) < 4.78 is 0. The van der Waals surface area contributed by atoms with E-state index in [9.17, 15) is 0 Å². The Morgan fingerprint density at radius 2 is 1.67 bits per heavy atom. The average molecular weight is 204 g/mol. The molecule has 0 saturated carbocycles. The Morgan fingerprint density at radius 3 is 2.07 bits per heavy atom. The van der Waals surface area contributed by atoms with Gasteiger partial charge in [0.25, 0.3) is 0 Å². The lowest BCUT2D eigenvalue weighted by Crippen LogP contribution is -2.43. The summed E-state index contributed by atoms with van der Waals surface area (Å²) in [6.07, 6.45) is 0. The molecule has 0 amide bonds. The molecule has 0 fully saturated rings. The minimum atomic E-state index is 0.0880. The lowest BCUT2D eigenvalue weighted by atomic mass is 10.0. The summed E-state index contributed by atoms with van der Waals surface area (Å²) in [5.74, 6) is 1.03. The standard InChI is InChI=1S/C13H20N2/c1-13(2,3)15(5)12(14-4)11-9-7-6-8-10-11/h6-10H,1-5H3/b14-12-. The van der Waals surface area contributed by atoms with Crippen LogP contribution >= 0.6 is 0 Å². The predicted octanol–water partition coefficient (Wildman–Crippen LogP) is 2.79. The fraction of sp³-hybridized carbons (Fsp3) is 0.462. The molecule has 0 aliphatic carbocycles. The molecule has 1 aromatic rings. The van der Waals surface area contributed by atoms with Crippen molar-refractivity contribution < 1.29 is 0 Å². The van der Waals surface area contributed by atoms with Crippen LogP contribution in [0.1, 0.15) is 26.3 Å². The van der Waals surface area contributed by atoms with Crippen LogP contribution in [0.2, 0.25) is 0 Å². The molecular weight excluding hydrogens is 184 g/mol. The molecule has 0 aliphatic heterocycles. The first-order chi connectivity index (χ1) is 6.96. The van der Waals surface area contributed by atoms with E-state index in [0.717, 1.165) is 11.4 Å². The Kier molecular flexibility index (Phi) is 3.51. The molecule has 2 heteroatoms. The predicted molar refractivity (Wildman–Crippen MR) is 66.4 cm³/mol. The maximum Gasteiger partial charge on any atom is 0.130 e. The molecule has 1 rings (SSSR count). The first-order valence-corrected chi connectivity index (χ1v) is 5.23. The Morgan fingerprint density at radius 1 is 1.13 bits per heavy atom. The van der Waals surface area contributed by atoms with Crippen LogP contribution in [0.15, 0.2) is 35.3 Å². The molecule has 0 bridgehead atoms. The average Bonchev–Trinajstić information content (AvgIpc) is 2.19. The van der Waals surface area contributed by atoms with E-state index in [2.05, 4.69) is 49.8 Å². The zero-order valence-corrected chi connectivity index (χ0v) is 10.3. The highest BCUT2D eigenvalue weighted by atomic mass is 15.2. The van der Waals surface area contributed by atoms with E-state index in [1.807, 2.05) is 25.2 Å². The highest BCUT2D eigenvalue weighted by Gasteiger charge is 2.20. The summed E-state index contributed by atoms with van der Waals surface area (Å²) in [5, 5.41) is 0. The fourth-order valence-corrected chi connectivity index (χ4v) is 1.38. The van der Waals surface area contributed by atoms with Crippen molar-refractivity contribution in [2.75, 3.05) is 14.1 Å². The SMILES string of the molecule is C/N=C(/c1ccccc1)N(C)C(C)(C)C. The maximum atomic E-state index is 4.37. The van der Waals surface area contributed by atoms with Crippen molar-refractivity contribution in [3.8, 4) is 0 Å². The highest BCUT2D eigenvalue weighted by molar-refractivity contribution is 5.98. The molecule has 0 N–H and O–H groups in total. The summed E-state index contributed by atoms with van der Waals surface area (Å²) in [6.45, 7) is 6.54. The van der Waals surface area contributed by atoms with Crippen molar-refractivity contribution in [1.82, 2.24) is 4.90 Å². The molecule has 0 unspecified atom stereocenters. The van der Waals surface area contributed by atoms with Gasteiger partial charge in [0.15, 0.2) is 0 Å². The first-order valence-electron chi connectivity index (χ1n) is 5.23. The zero-order chi connectivity index (χ0) is 11.5. The van der Waals surface area contributed by atoms with Crippen molar-refractivity contribution in [2.24, 2.45) is 4.99 Å². The van der Waals surface area contributed by atoms with Crippen molar-refractivity contribution in [2.45, 2.75) is 26.3 Å². The molecule has 0 atom stereocenters. The lowest BCUT2D eigenvalue weighted by Gasteiger charge is -2.34. The van der Waals surface area contributed by atoms with Gasteiger partial charge in [-0.1, -0.05) is 30.3 Å². The van der Waals surface area contributed by atoms with Gasteiger partial charge in [0.2, 0.25) is 0 Å². The molecule has 82 valence electrons. The number of benzene rings is 1. The highest BCUT2D eigenvalue weighted by Crippen LogP contribution is 2.15. The van der Waals surface area contributed by atoms with E-state index in [1.54, 1.807) is 0 Å². The second kappa shape index (κ2) is 4.47. The van der Waals surface area contributed by atoms with E-state index in [4.69, 9.17) is 0 Å². The molecule has 15 heavy (non-hydrogen) atoms. The smallest absolute Gasteiger partial charge is 0.130 e. The Labute approximate surface area is 92.6 Å². The zero-order valence-electron chi connectivity index (χ0n) is 10.3. The summed E-state index contributed by atoms with van der Waals surface area (Å²) in [7, 11) is 3.92. The summed E-state index contributed by atoms with van der Waals surface area (Å²) in [5.41, 5.74) is 1.25. The molecule has 0 spiro atoms. The molecule has 2 nitrogen and oxygen atoms in total. The van der Waals surface area contributed by atoms with E-state index >= 15 is 0 Å². The van der Waals surface area contributed by atoms with Crippen molar-refractivity contribution >= 4 is 5.84 Å². The van der Waals surface area contributed by atoms with Crippen LogP contribution in [0.3, 0.4) is 0 Å². The van der Waals surface area contributed by atoms with E-state index in [1.165, 1.54) is 0 Å². The van der Waals surface area contributed by atoms with Crippen LogP contribution in [0.4, 0.5) is 0 Å². The Hall–Kier alpha value is -1.31. The third-order valence-corrected chi connectivity index (χ3v) is 2.57. The molecule has 0 radical (unpaired) electrons. The van der Waals surface area contributed by atoms with Gasteiger partial charge in [0.05, 0.1) is 0 Å². The van der Waals surface area contributed by atoms with E-state index in [0.29, 0.717) is 0 Å². The third kappa shape index (κ3) is 2.82. The third-order valence-electron chi connectivity index (χ3n) is 2.57. The minimum Gasteiger partial charge on any atom is -0.355 e. The molecule has 0 saturated heterocycles. The fourth-order valence-electron chi connectivity index (χ4n) is 1.38. The second-order valence-corrected chi connectivity index (χ2v) is 4.64. The molecule has 0 aliphatic rings. The Bertz CT molecular complexity index is 333. The van der Waals surface area contributed by atoms with Gasteiger partial charge in [-0.25, -0.2) is 0 Å². The molecular formula is C13H20N2. The monoisotopic (exact) mass is 204 g/mol. The van der Waals surface area contributed by atoms with E-state index < -0.39 is 0 Å². The first kappa shape index (κ1) is 11.8. The molecule has 1 aromatic carbocycles. The van der Waals surface area contributed by atoms with Gasteiger partial charge in [-0.3, -0.25) is 4.99 Å². The van der Waals surface area contributed by atoms with Gasteiger partial charge in [0, 0.05) is 25.2 Å². The molecule has 0 heterocycles. The van der Waals surface area contributed by atoms with Crippen molar-refractivity contribution in [3.63, 3.8) is 0 Å². The normalized spacial score (nSPS) is 12.7. The maximum absolute atomic E-state index is 4.37. The number of amidine groups is 1. The quantitative estimate of drug-likeness (QED) is 0.507. The topological polar surface area (TPSA) is 15.6 Å². The van der Waals surface area contributed by atoms with Crippen LogP contribution < -0.4 is 0 Å². The minimum absolute atomic E-state index is 0.0880.